The standard InChI is InChI=1S/C13H14ClN3O4P/c1-3-20-22(19,21-4-2)12-7-9-5-6-10(14)8-11(9)17(16-15)13(12)18/h5-8H,3-4H2,1-2H3/q+1. The molecule has 0 bridgehead atoms. The highest BCUT2D eigenvalue weighted by Crippen LogP contribution is 2.46. The number of rotatable bonds is 5. The van der Waals surface area contributed by atoms with E-state index in [9.17, 15) is 9.36 Å². The van der Waals surface area contributed by atoms with Gasteiger partial charge in [0.1, 0.15) is 10.8 Å². The molecule has 9 heteroatoms. The van der Waals surface area contributed by atoms with Crippen molar-refractivity contribution in [2.24, 2.45) is 0 Å². The third-order valence-corrected chi connectivity index (χ3v) is 5.25. The van der Waals surface area contributed by atoms with Crippen LogP contribution in [-0.2, 0) is 13.6 Å². The summed E-state index contributed by atoms with van der Waals surface area (Å²) in [7, 11) is -3.80. The number of nitrogens with zero attached hydrogens (tertiary/aromatic N) is 3. The largest absolute Gasteiger partial charge is 0.367 e. The maximum absolute atomic E-state index is 12.8. The summed E-state index contributed by atoms with van der Waals surface area (Å²) in [5.74, 6) is 0. The van der Waals surface area contributed by atoms with Crippen molar-refractivity contribution in [1.82, 2.24) is 4.68 Å². The maximum atomic E-state index is 12.8. The van der Waals surface area contributed by atoms with Gasteiger partial charge in [-0.15, -0.1) is 0 Å². The smallest absolute Gasteiger partial charge is 0.305 e. The van der Waals surface area contributed by atoms with Crippen molar-refractivity contribution in [2.75, 3.05) is 13.2 Å². The monoisotopic (exact) mass is 342 g/mol. The van der Waals surface area contributed by atoms with Crippen molar-refractivity contribution >= 4 is 35.4 Å². The number of diazo groups is 1. The Hall–Kier alpha value is -1.71. The highest BCUT2D eigenvalue weighted by atomic mass is 35.5. The molecule has 0 aliphatic carbocycles. The van der Waals surface area contributed by atoms with Crippen LogP contribution in [0, 0.1) is 5.39 Å². The molecule has 1 heterocycles. The topological polar surface area (TPSA) is 85.7 Å². The molecule has 1 aromatic carbocycles. The number of halogens is 1. The lowest BCUT2D eigenvalue weighted by Gasteiger charge is -2.16. The maximum Gasteiger partial charge on any atom is 0.367 e. The normalized spacial score (nSPS) is 11.5. The molecule has 1 aromatic heterocycles. The second kappa shape index (κ2) is 6.59. The zero-order valence-electron chi connectivity index (χ0n) is 12.0. The molecule has 22 heavy (non-hydrogen) atoms. The van der Waals surface area contributed by atoms with Crippen molar-refractivity contribution in [3.63, 3.8) is 0 Å². The Morgan fingerprint density at radius 1 is 1.27 bits per heavy atom. The van der Waals surface area contributed by atoms with E-state index in [0.29, 0.717) is 15.1 Å². The van der Waals surface area contributed by atoms with Gasteiger partial charge < -0.3 is 9.05 Å². The lowest BCUT2D eigenvalue weighted by Crippen LogP contribution is -2.33. The van der Waals surface area contributed by atoms with E-state index in [4.69, 9.17) is 26.0 Å². The fraction of sp³-hybridized carbons (Fsp3) is 0.308. The van der Waals surface area contributed by atoms with Crippen LogP contribution in [-0.4, -0.2) is 17.9 Å². The van der Waals surface area contributed by atoms with Crippen LogP contribution in [0.15, 0.2) is 29.1 Å². The molecule has 0 unspecified atom stereocenters. The molecule has 0 saturated carbocycles. The lowest BCUT2D eigenvalue weighted by atomic mass is 10.2. The van der Waals surface area contributed by atoms with E-state index in [2.05, 4.69) is 5.08 Å². The van der Waals surface area contributed by atoms with Gasteiger partial charge in [-0.1, -0.05) is 17.7 Å². The Bertz CT molecular complexity index is 849. The average Bonchev–Trinajstić information content (AvgIpc) is 2.47. The molecule has 0 aliphatic heterocycles. The van der Waals surface area contributed by atoms with Crippen molar-refractivity contribution in [3.8, 4) is 0 Å². The molecule has 0 spiro atoms. The minimum atomic E-state index is -3.80. The number of benzene rings is 1. The SMILES string of the molecule is CCOP(=O)(OCC)c1cc2ccc(Cl)cc2n([N+]#N)c1=O. The summed E-state index contributed by atoms with van der Waals surface area (Å²) in [4.78, 5) is 12.5. The van der Waals surface area contributed by atoms with Crippen LogP contribution in [0.5, 0.6) is 0 Å². The fourth-order valence-electron chi connectivity index (χ4n) is 2.05. The van der Waals surface area contributed by atoms with E-state index < -0.39 is 13.2 Å². The molecule has 0 radical (unpaired) electrons. The van der Waals surface area contributed by atoms with Gasteiger partial charge in [-0.05, 0) is 32.0 Å². The van der Waals surface area contributed by atoms with Crippen molar-refractivity contribution in [2.45, 2.75) is 13.8 Å². The van der Waals surface area contributed by atoms with Crippen LogP contribution in [0.4, 0.5) is 0 Å². The van der Waals surface area contributed by atoms with E-state index in [1.54, 1.807) is 26.0 Å². The van der Waals surface area contributed by atoms with Gasteiger partial charge in [-0.25, -0.2) is 0 Å². The molecule has 0 atom stereocenters. The lowest BCUT2D eigenvalue weighted by molar-refractivity contribution is 0.229. The Morgan fingerprint density at radius 3 is 2.45 bits per heavy atom. The van der Waals surface area contributed by atoms with Gasteiger partial charge in [0.15, 0.2) is 0 Å². The number of fused-ring (bicyclic) bond motifs is 1. The minimum absolute atomic E-state index is 0.103. The first-order chi connectivity index (χ1) is 10.5. The molecule has 0 amide bonds. The van der Waals surface area contributed by atoms with Gasteiger partial charge in [0, 0.05) is 10.4 Å². The summed E-state index contributed by atoms with van der Waals surface area (Å²) in [6.45, 7) is 3.49. The number of hydrogen-bond acceptors (Lipinski definition) is 5. The number of hydrogen-bond donors (Lipinski definition) is 0. The quantitative estimate of drug-likeness (QED) is 0.615. The van der Waals surface area contributed by atoms with Gasteiger partial charge in [-0.2, -0.15) is 0 Å². The summed E-state index contributed by atoms with van der Waals surface area (Å²) < 4.78 is 23.9. The zero-order valence-corrected chi connectivity index (χ0v) is 13.7. The molecule has 7 nitrogen and oxygen atoms in total. The Morgan fingerprint density at radius 2 is 1.91 bits per heavy atom. The Labute approximate surface area is 131 Å². The van der Waals surface area contributed by atoms with Crippen molar-refractivity contribution in [3.05, 3.63) is 44.7 Å². The van der Waals surface area contributed by atoms with Gasteiger partial charge >= 0.3 is 18.2 Å². The second-order valence-corrected chi connectivity index (χ2v) is 6.70. The fourth-order valence-corrected chi connectivity index (χ4v) is 3.88. The Balaban J connectivity index is 2.83. The third kappa shape index (κ3) is 2.92. The summed E-state index contributed by atoms with van der Waals surface area (Å²) in [5.41, 5.74) is -0.509. The number of aromatic nitrogens is 1. The second-order valence-electron chi connectivity index (χ2n) is 4.27. The minimum Gasteiger partial charge on any atom is -0.305 e. The predicted molar refractivity (Wildman–Crippen MR) is 84.2 cm³/mol. The highest BCUT2D eigenvalue weighted by molar-refractivity contribution is 7.62. The van der Waals surface area contributed by atoms with E-state index in [1.807, 2.05) is 0 Å². The summed E-state index contributed by atoms with van der Waals surface area (Å²) in [6, 6.07) is 6.09. The molecular formula is C13H14ClN3O4P+. The van der Waals surface area contributed by atoms with Crippen molar-refractivity contribution < 1.29 is 13.6 Å². The van der Waals surface area contributed by atoms with E-state index in [0.717, 1.165) is 0 Å². The molecule has 0 N–H and O–H groups in total. The van der Waals surface area contributed by atoms with E-state index >= 15 is 0 Å². The van der Waals surface area contributed by atoms with Crippen LogP contribution in [0.3, 0.4) is 0 Å². The highest BCUT2D eigenvalue weighted by Gasteiger charge is 2.34. The van der Waals surface area contributed by atoms with E-state index in [-0.39, 0.29) is 24.0 Å². The summed E-state index contributed by atoms with van der Waals surface area (Å²) in [6.07, 6.45) is 0. The van der Waals surface area contributed by atoms with Crippen LogP contribution < -0.4 is 10.9 Å². The first kappa shape index (κ1) is 16.7. The summed E-state index contributed by atoms with van der Waals surface area (Å²) >= 11 is 5.89. The molecule has 0 saturated heterocycles. The number of pyridine rings is 1. The van der Waals surface area contributed by atoms with Crippen LogP contribution >= 0.6 is 19.2 Å². The molecular weight excluding hydrogens is 329 g/mol. The van der Waals surface area contributed by atoms with Crippen LogP contribution in [0.25, 0.3) is 16.0 Å². The van der Waals surface area contributed by atoms with Gasteiger partial charge in [0.05, 0.1) is 17.9 Å². The van der Waals surface area contributed by atoms with Crippen LogP contribution in [0.2, 0.25) is 5.02 Å². The molecule has 2 rings (SSSR count). The predicted octanol–water partition coefficient (Wildman–Crippen LogP) is 3.16. The molecule has 2 aromatic rings. The average molecular weight is 343 g/mol. The first-order valence-electron chi connectivity index (χ1n) is 6.57. The first-order valence-corrected chi connectivity index (χ1v) is 8.49. The van der Waals surface area contributed by atoms with Gasteiger partial charge in [0.2, 0.25) is 0 Å². The molecule has 116 valence electrons. The van der Waals surface area contributed by atoms with Gasteiger partial charge in [-0.3, -0.25) is 9.36 Å². The molecule has 0 aliphatic rings. The van der Waals surface area contributed by atoms with Crippen molar-refractivity contribution in [1.29, 1.82) is 5.39 Å². The Kier molecular flexibility index (Phi) is 4.99. The van der Waals surface area contributed by atoms with Gasteiger partial charge in [0.25, 0.3) is 5.39 Å². The zero-order chi connectivity index (χ0) is 16.3. The third-order valence-electron chi connectivity index (χ3n) is 2.91. The molecule has 0 fully saturated rings. The van der Waals surface area contributed by atoms with Crippen LogP contribution in [0.1, 0.15) is 13.8 Å². The van der Waals surface area contributed by atoms with E-state index in [1.165, 1.54) is 12.1 Å². The summed E-state index contributed by atoms with van der Waals surface area (Å²) in [5, 5.41) is 12.8.